The van der Waals surface area contributed by atoms with E-state index >= 15 is 0 Å². The summed E-state index contributed by atoms with van der Waals surface area (Å²) < 4.78 is 27.5. The second-order valence-corrected chi connectivity index (χ2v) is 8.49. The predicted molar refractivity (Wildman–Crippen MR) is 80.2 cm³/mol. The van der Waals surface area contributed by atoms with Crippen LogP contribution in [0.5, 0.6) is 0 Å². The number of sulfonamides is 1. The van der Waals surface area contributed by atoms with Crippen LogP contribution in [0.15, 0.2) is 24.5 Å². The lowest BCUT2D eigenvalue weighted by Gasteiger charge is -2.36. The first-order valence-electron chi connectivity index (χ1n) is 7.21. The smallest absolute Gasteiger partial charge is 0.233 e. The summed E-state index contributed by atoms with van der Waals surface area (Å²) in [6.07, 6.45) is 5.20. The second-order valence-electron chi connectivity index (χ2n) is 6.77. The highest BCUT2D eigenvalue weighted by Gasteiger charge is 2.65. The lowest BCUT2D eigenvalue weighted by Crippen LogP contribution is -2.43. The average Bonchev–Trinajstić information content (AvgIpc) is 2.72. The number of carbonyl (C=O) groups is 1. The Labute approximate surface area is 125 Å². The number of nitrogens with zero attached hydrogens (tertiary/aromatic N) is 1. The molecular formula is C15H20N2O3S. The Kier molecular flexibility index (Phi) is 3.13. The van der Waals surface area contributed by atoms with E-state index in [4.69, 9.17) is 0 Å². The molecule has 0 spiro atoms. The maximum atomic E-state index is 12.5. The summed E-state index contributed by atoms with van der Waals surface area (Å²) in [6, 6.07) is 3.33. The summed E-state index contributed by atoms with van der Waals surface area (Å²) in [6.45, 7) is 4.07. The van der Waals surface area contributed by atoms with Crippen LogP contribution in [0, 0.1) is 16.7 Å². The van der Waals surface area contributed by atoms with Crippen molar-refractivity contribution in [1.82, 2.24) is 4.98 Å². The van der Waals surface area contributed by atoms with Gasteiger partial charge in [0.15, 0.2) is 0 Å². The van der Waals surface area contributed by atoms with Gasteiger partial charge in [0.1, 0.15) is 5.78 Å². The predicted octanol–water partition coefficient (Wildman–Crippen LogP) is 2.22. The summed E-state index contributed by atoms with van der Waals surface area (Å²) in [7, 11) is -3.58. The highest BCUT2D eigenvalue weighted by atomic mass is 32.2. The number of nitrogens with one attached hydrogen (secondary N) is 1. The van der Waals surface area contributed by atoms with Crippen molar-refractivity contribution in [2.45, 2.75) is 33.1 Å². The minimum Gasteiger partial charge on any atom is -0.299 e. The van der Waals surface area contributed by atoms with Gasteiger partial charge in [0.25, 0.3) is 0 Å². The average molecular weight is 308 g/mol. The molecule has 0 amide bonds. The zero-order chi connectivity index (χ0) is 15.3. The SMILES string of the molecule is CC1(C)[C@H]2CC[C@]1(CS(=O)(=O)Nc1cccnc1)C(=O)C2. The fraction of sp³-hybridized carbons (Fsp3) is 0.600. The number of pyridine rings is 1. The van der Waals surface area contributed by atoms with E-state index in [1.165, 1.54) is 6.20 Å². The van der Waals surface area contributed by atoms with Crippen LogP contribution in [-0.4, -0.2) is 24.9 Å². The first kappa shape index (κ1) is 14.5. The van der Waals surface area contributed by atoms with E-state index in [2.05, 4.69) is 9.71 Å². The molecule has 0 aliphatic heterocycles. The van der Waals surface area contributed by atoms with Gasteiger partial charge in [0, 0.05) is 12.6 Å². The molecule has 1 heterocycles. The number of hydrogen-bond acceptors (Lipinski definition) is 4. The quantitative estimate of drug-likeness (QED) is 0.925. The van der Waals surface area contributed by atoms with E-state index in [0.717, 1.165) is 6.42 Å². The molecule has 1 aromatic heterocycles. The number of hydrogen-bond donors (Lipinski definition) is 1. The maximum absolute atomic E-state index is 12.5. The number of fused-ring (bicyclic) bond motifs is 2. The van der Waals surface area contributed by atoms with Crippen LogP contribution in [0.3, 0.4) is 0 Å². The molecule has 0 saturated heterocycles. The van der Waals surface area contributed by atoms with E-state index in [-0.39, 0.29) is 17.0 Å². The van der Waals surface area contributed by atoms with Crippen LogP contribution in [0.2, 0.25) is 0 Å². The van der Waals surface area contributed by atoms with Crippen molar-refractivity contribution in [2.24, 2.45) is 16.7 Å². The van der Waals surface area contributed by atoms with Crippen molar-refractivity contribution in [3.63, 3.8) is 0 Å². The van der Waals surface area contributed by atoms with Crippen molar-refractivity contribution in [2.75, 3.05) is 10.5 Å². The van der Waals surface area contributed by atoms with Crippen molar-refractivity contribution in [3.05, 3.63) is 24.5 Å². The molecule has 5 nitrogen and oxygen atoms in total. The maximum Gasteiger partial charge on any atom is 0.233 e. The molecule has 0 aromatic carbocycles. The summed E-state index contributed by atoms with van der Waals surface area (Å²) >= 11 is 0. The van der Waals surface area contributed by atoms with Crippen LogP contribution in [0.4, 0.5) is 5.69 Å². The zero-order valence-corrected chi connectivity index (χ0v) is 13.1. The molecule has 3 rings (SSSR count). The fourth-order valence-corrected chi connectivity index (χ4v) is 5.95. The minimum atomic E-state index is -3.58. The monoisotopic (exact) mass is 308 g/mol. The van der Waals surface area contributed by atoms with E-state index in [1.807, 2.05) is 13.8 Å². The standard InChI is InChI=1S/C15H20N2O3S/c1-14(2)11-5-6-15(14,13(18)8-11)10-21(19,20)17-12-4-3-7-16-9-12/h3-4,7,9,11,17H,5-6,8,10H2,1-2H3/t11-,15-/m0/s1. The number of rotatable bonds is 4. The Morgan fingerprint density at radius 3 is 2.71 bits per heavy atom. The molecule has 2 bridgehead atoms. The normalized spacial score (nSPS) is 30.6. The topological polar surface area (TPSA) is 76.1 Å². The molecule has 21 heavy (non-hydrogen) atoms. The van der Waals surface area contributed by atoms with E-state index in [9.17, 15) is 13.2 Å². The summed E-state index contributed by atoms with van der Waals surface area (Å²) in [5.74, 6) is 0.302. The number of anilines is 1. The number of carbonyl (C=O) groups excluding carboxylic acids is 1. The molecule has 114 valence electrons. The Morgan fingerprint density at radius 1 is 1.43 bits per heavy atom. The Balaban J connectivity index is 1.87. The van der Waals surface area contributed by atoms with Crippen molar-refractivity contribution in [1.29, 1.82) is 0 Å². The van der Waals surface area contributed by atoms with Crippen molar-refractivity contribution < 1.29 is 13.2 Å². The highest BCUT2D eigenvalue weighted by molar-refractivity contribution is 7.92. The first-order chi connectivity index (χ1) is 9.77. The van der Waals surface area contributed by atoms with Gasteiger partial charge in [-0.15, -0.1) is 0 Å². The van der Waals surface area contributed by atoms with Gasteiger partial charge < -0.3 is 0 Å². The Hall–Kier alpha value is -1.43. The lowest BCUT2D eigenvalue weighted by molar-refractivity contribution is -0.128. The largest absolute Gasteiger partial charge is 0.299 e. The number of aromatic nitrogens is 1. The summed E-state index contributed by atoms with van der Waals surface area (Å²) in [5, 5.41) is 0. The lowest BCUT2D eigenvalue weighted by atomic mass is 9.70. The van der Waals surface area contributed by atoms with Gasteiger partial charge in [-0.1, -0.05) is 13.8 Å². The van der Waals surface area contributed by atoms with Gasteiger partial charge in [-0.3, -0.25) is 14.5 Å². The van der Waals surface area contributed by atoms with Gasteiger partial charge in [-0.25, -0.2) is 8.42 Å². The molecule has 1 aromatic rings. The molecule has 2 saturated carbocycles. The molecular weight excluding hydrogens is 288 g/mol. The van der Waals surface area contributed by atoms with Crippen LogP contribution < -0.4 is 4.72 Å². The third kappa shape index (κ3) is 2.16. The Bertz CT molecular complexity index is 669. The van der Waals surface area contributed by atoms with E-state index in [1.54, 1.807) is 18.3 Å². The fourth-order valence-electron chi connectivity index (χ4n) is 4.07. The molecule has 2 fully saturated rings. The molecule has 2 aliphatic rings. The van der Waals surface area contributed by atoms with E-state index < -0.39 is 15.4 Å². The Morgan fingerprint density at radius 2 is 2.19 bits per heavy atom. The van der Waals surface area contributed by atoms with Crippen LogP contribution in [-0.2, 0) is 14.8 Å². The van der Waals surface area contributed by atoms with Crippen LogP contribution >= 0.6 is 0 Å². The van der Waals surface area contributed by atoms with Gasteiger partial charge in [-0.05, 0) is 36.3 Å². The van der Waals surface area contributed by atoms with Crippen molar-refractivity contribution in [3.8, 4) is 0 Å². The second kappa shape index (κ2) is 4.53. The van der Waals surface area contributed by atoms with Crippen molar-refractivity contribution >= 4 is 21.5 Å². The van der Waals surface area contributed by atoms with Crippen LogP contribution in [0.25, 0.3) is 0 Å². The van der Waals surface area contributed by atoms with Gasteiger partial charge in [-0.2, -0.15) is 0 Å². The summed E-state index contributed by atoms with van der Waals surface area (Å²) in [4.78, 5) is 16.3. The first-order valence-corrected chi connectivity index (χ1v) is 8.86. The third-order valence-corrected chi connectivity index (χ3v) is 6.93. The molecule has 2 aliphatic carbocycles. The number of ketones is 1. The van der Waals surface area contributed by atoms with Gasteiger partial charge >= 0.3 is 0 Å². The molecule has 6 heteroatoms. The molecule has 1 N–H and O–H groups in total. The number of Topliss-reactive ketones (excluding diaryl/α,β-unsaturated/α-hetero) is 1. The van der Waals surface area contributed by atoms with Crippen LogP contribution in [0.1, 0.15) is 33.1 Å². The van der Waals surface area contributed by atoms with Gasteiger partial charge in [0.2, 0.25) is 10.0 Å². The highest BCUT2D eigenvalue weighted by Crippen LogP contribution is 2.64. The molecule has 2 atom stereocenters. The molecule has 0 radical (unpaired) electrons. The summed E-state index contributed by atoms with van der Waals surface area (Å²) in [5.41, 5.74) is -0.536. The van der Waals surface area contributed by atoms with Gasteiger partial charge in [0.05, 0.1) is 23.1 Å². The third-order valence-electron chi connectivity index (χ3n) is 5.51. The van der Waals surface area contributed by atoms with E-state index in [0.29, 0.717) is 24.4 Å². The minimum absolute atomic E-state index is 0.111. The molecule has 0 unspecified atom stereocenters. The zero-order valence-electron chi connectivity index (χ0n) is 12.3.